The monoisotopic (exact) mass is 266 g/mol. The van der Waals surface area contributed by atoms with Gasteiger partial charge >= 0.3 is 5.97 Å². The Morgan fingerprint density at radius 2 is 1.83 bits per heavy atom. The van der Waals surface area contributed by atoms with E-state index in [4.69, 9.17) is 4.74 Å². The van der Waals surface area contributed by atoms with E-state index in [1.165, 1.54) is 0 Å². The van der Waals surface area contributed by atoms with Gasteiger partial charge in [0.1, 0.15) is 0 Å². The second-order valence-corrected chi connectivity index (χ2v) is 5.22. The van der Waals surface area contributed by atoms with Crippen LogP contribution in [-0.2, 0) is 4.74 Å². The molecule has 3 heteroatoms. The number of ether oxygens (including phenoxy) is 1. The Labute approximate surface area is 114 Å². The lowest BCUT2D eigenvalue weighted by Gasteiger charge is -2.12. The van der Waals surface area contributed by atoms with Crippen molar-refractivity contribution >= 4 is 17.7 Å². The largest absolute Gasteiger partial charge is 0.462 e. The molecule has 100 valence electrons. The zero-order chi connectivity index (χ0) is 13.4. The predicted octanol–water partition coefficient (Wildman–Crippen LogP) is 4.39. The Bertz CT molecular complexity index is 355. The van der Waals surface area contributed by atoms with E-state index < -0.39 is 0 Å². The van der Waals surface area contributed by atoms with Crippen molar-refractivity contribution in [1.82, 2.24) is 0 Å². The Kier molecular flexibility index (Phi) is 6.88. The van der Waals surface area contributed by atoms with Crippen molar-refractivity contribution in [3.63, 3.8) is 0 Å². The molecule has 1 rings (SSSR count). The SMILES string of the molecule is CCC(CC)CCOC(=O)c1ccc(SC)cc1. The third-order valence-corrected chi connectivity index (χ3v) is 3.98. The lowest BCUT2D eigenvalue weighted by atomic mass is 10.0. The molecular formula is C15H22O2S. The zero-order valence-electron chi connectivity index (χ0n) is 11.4. The molecule has 0 aliphatic heterocycles. The van der Waals surface area contributed by atoms with Crippen molar-refractivity contribution in [2.24, 2.45) is 5.92 Å². The minimum absolute atomic E-state index is 0.214. The van der Waals surface area contributed by atoms with Crippen molar-refractivity contribution in [1.29, 1.82) is 0 Å². The molecular weight excluding hydrogens is 244 g/mol. The first-order valence-corrected chi connectivity index (χ1v) is 7.74. The minimum atomic E-state index is -0.214. The predicted molar refractivity (Wildman–Crippen MR) is 77.2 cm³/mol. The standard InChI is InChI=1S/C15H22O2S/c1-4-12(5-2)10-11-17-15(16)13-6-8-14(18-3)9-7-13/h6-9,12H,4-5,10-11H2,1-3H3. The summed E-state index contributed by atoms with van der Waals surface area (Å²) in [6.45, 7) is 4.88. The number of carbonyl (C=O) groups excluding carboxylic acids is 1. The second-order valence-electron chi connectivity index (χ2n) is 4.34. The topological polar surface area (TPSA) is 26.3 Å². The van der Waals surface area contributed by atoms with Crippen LogP contribution in [0.1, 0.15) is 43.5 Å². The van der Waals surface area contributed by atoms with Crippen LogP contribution in [-0.4, -0.2) is 18.8 Å². The molecule has 18 heavy (non-hydrogen) atoms. The van der Waals surface area contributed by atoms with E-state index in [0.29, 0.717) is 18.1 Å². The molecule has 0 spiro atoms. The summed E-state index contributed by atoms with van der Waals surface area (Å²) in [7, 11) is 0. The van der Waals surface area contributed by atoms with Gasteiger partial charge in [0.15, 0.2) is 0 Å². The summed E-state index contributed by atoms with van der Waals surface area (Å²) in [5.74, 6) is 0.449. The van der Waals surface area contributed by atoms with Crippen LogP contribution in [0.4, 0.5) is 0 Å². The molecule has 0 fully saturated rings. The van der Waals surface area contributed by atoms with Crippen molar-refractivity contribution < 1.29 is 9.53 Å². The van der Waals surface area contributed by atoms with E-state index >= 15 is 0 Å². The molecule has 0 unspecified atom stereocenters. The summed E-state index contributed by atoms with van der Waals surface area (Å²) in [6.07, 6.45) is 5.28. The Balaban J connectivity index is 2.40. The van der Waals surface area contributed by atoms with Gasteiger partial charge in [0.25, 0.3) is 0 Å². The zero-order valence-corrected chi connectivity index (χ0v) is 12.3. The van der Waals surface area contributed by atoms with Gasteiger partial charge in [0.05, 0.1) is 12.2 Å². The van der Waals surface area contributed by atoms with E-state index in [1.54, 1.807) is 11.8 Å². The Hall–Kier alpha value is -0.960. The molecule has 0 aliphatic carbocycles. The van der Waals surface area contributed by atoms with E-state index in [9.17, 15) is 4.79 Å². The molecule has 0 aromatic heterocycles. The van der Waals surface area contributed by atoms with Gasteiger partial charge in [-0.2, -0.15) is 0 Å². The average Bonchev–Trinajstić information content (AvgIpc) is 2.43. The third-order valence-electron chi connectivity index (χ3n) is 3.24. The highest BCUT2D eigenvalue weighted by molar-refractivity contribution is 7.98. The first-order chi connectivity index (χ1) is 8.71. The molecule has 0 aliphatic rings. The van der Waals surface area contributed by atoms with Crippen LogP contribution in [0.15, 0.2) is 29.2 Å². The normalized spacial score (nSPS) is 10.7. The van der Waals surface area contributed by atoms with Crippen LogP contribution in [0.25, 0.3) is 0 Å². The highest BCUT2D eigenvalue weighted by Gasteiger charge is 2.08. The Morgan fingerprint density at radius 3 is 2.33 bits per heavy atom. The lowest BCUT2D eigenvalue weighted by molar-refractivity contribution is 0.0481. The summed E-state index contributed by atoms with van der Waals surface area (Å²) < 4.78 is 5.29. The summed E-state index contributed by atoms with van der Waals surface area (Å²) in [5, 5.41) is 0. The van der Waals surface area contributed by atoms with Crippen LogP contribution in [0, 0.1) is 5.92 Å². The summed E-state index contributed by atoms with van der Waals surface area (Å²) >= 11 is 1.66. The summed E-state index contributed by atoms with van der Waals surface area (Å²) in [6, 6.07) is 7.54. The lowest BCUT2D eigenvalue weighted by Crippen LogP contribution is -2.09. The molecule has 0 bridgehead atoms. The number of hydrogen-bond acceptors (Lipinski definition) is 3. The molecule has 2 nitrogen and oxygen atoms in total. The highest BCUT2D eigenvalue weighted by atomic mass is 32.2. The van der Waals surface area contributed by atoms with Crippen LogP contribution in [0.3, 0.4) is 0 Å². The number of esters is 1. The van der Waals surface area contributed by atoms with Crippen LogP contribution < -0.4 is 0 Å². The Morgan fingerprint density at radius 1 is 1.22 bits per heavy atom. The number of carbonyl (C=O) groups is 1. The van der Waals surface area contributed by atoms with Gasteiger partial charge in [-0.05, 0) is 42.9 Å². The number of thioether (sulfide) groups is 1. The maximum absolute atomic E-state index is 11.8. The number of benzene rings is 1. The summed E-state index contributed by atoms with van der Waals surface area (Å²) in [5.41, 5.74) is 0.636. The molecule has 0 radical (unpaired) electrons. The molecule has 0 amide bonds. The molecule has 0 N–H and O–H groups in total. The fourth-order valence-corrected chi connectivity index (χ4v) is 2.23. The van der Waals surface area contributed by atoms with Crippen molar-refractivity contribution in [2.45, 2.75) is 38.0 Å². The molecule has 1 aromatic rings. The fourth-order valence-electron chi connectivity index (χ4n) is 1.83. The fraction of sp³-hybridized carbons (Fsp3) is 0.533. The molecule has 0 saturated carbocycles. The van der Waals surface area contributed by atoms with E-state index in [2.05, 4.69) is 13.8 Å². The quantitative estimate of drug-likeness (QED) is 0.541. The third kappa shape index (κ3) is 4.73. The maximum atomic E-state index is 11.8. The van der Waals surface area contributed by atoms with Crippen LogP contribution in [0.5, 0.6) is 0 Å². The first kappa shape index (κ1) is 15.1. The maximum Gasteiger partial charge on any atom is 0.338 e. The van der Waals surface area contributed by atoms with Crippen molar-refractivity contribution in [3.8, 4) is 0 Å². The molecule has 0 saturated heterocycles. The molecule has 0 heterocycles. The van der Waals surface area contributed by atoms with E-state index in [0.717, 1.165) is 24.2 Å². The van der Waals surface area contributed by atoms with Gasteiger partial charge in [-0.15, -0.1) is 11.8 Å². The minimum Gasteiger partial charge on any atom is -0.462 e. The van der Waals surface area contributed by atoms with Crippen molar-refractivity contribution in [3.05, 3.63) is 29.8 Å². The number of rotatable bonds is 7. The van der Waals surface area contributed by atoms with Crippen molar-refractivity contribution in [2.75, 3.05) is 12.9 Å². The highest BCUT2D eigenvalue weighted by Crippen LogP contribution is 2.16. The second kappa shape index (κ2) is 8.20. The van der Waals surface area contributed by atoms with Gasteiger partial charge in [0.2, 0.25) is 0 Å². The smallest absolute Gasteiger partial charge is 0.338 e. The van der Waals surface area contributed by atoms with E-state index in [1.807, 2.05) is 30.5 Å². The first-order valence-electron chi connectivity index (χ1n) is 6.52. The van der Waals surface area contributed by atoms with Crippen LogP contribution in [0.2, 0.25) is 0 Å². The molecule has 0 atom stereocenters. The van der Waals surface area contributed by atoms with Gasteiger partial charge < -0.3 is 4.74 Å². The van der Waals surface area contributed by atoms with Gasteiger partial charge in [-0.1, -0.05) is 26.7 Å². The van der Waals surface area contributed by atoms with Gasteiger partial charge in [0, 0.05) is 4.90 Å². The summed E-state index contributed by atoms with van der Waals surface area (Å²) in [4.78, 5) is 12.9. The molecule has 1 aromatic carbocycles. The van der Waals surface area contributed by atoms with E-state index in [-0.39, 0.29) is 5.97 Å². The average molecular weight is 266 g/mol. The number of hydrogen-bond donors (Lipinski definition) is 0. The van der Waals surface area contributed by atoms with Gasteiger partial charge in [-0.3, -0.25) is 0 Å². The van der Waals surface area contributed by atoms with Gasteiger partial charge in [-0.25, -0.2) is 4.79 Å². The van der Waals surface area contributed by atoms with Crippen LogP contribution >= 0.6 is 11.8 Å².